The van der Waals surface area contributed by atoms with Crippen molar-refractivity contribution in [2.45, 2.75) is 5.41 Å². The van der Waals surface area contributed by atoms with Gasteiger partial charge < -0.3 is 4.90 Å². The molecule has 11 aromatic carbocycles. The number of fused-ring (bicyclic) bond motifs is 14. The van der Waals surface area contributed by atoms with E-state index in [9.17, 15) is 0 Å². The Labute approximate surface area is 361 Å². The van der Waals surface area contributed by atoms with Crippen LogP contribution in [-0.4, -0.2) is 0 Å². The molecule has 0 saturated heterocycles. The molecular weight excluding hydrogens is 747 g/mol. The van der Waals surface area contributed by atoms with Crippen molar-refractivity contribution in [2.75, 3.05) is 4.90 Å². The number of hydrogen-bond acceptors (Lipinski definition) is 1. The first-order chi connectivity index (χ1) is 30.8. The molecule has 1 spiro atoms. The Hall–Kier alpha value is -8.00. The molecule has 0 radical (unpaired) electrons. The first kappa shape index (κ1) is 34.8. The fourth-order valence-electron chi connectivity index (χ4n) is 11.2. The SMILES string of the molecule is c1ccc(-c2c(N(c3ccc4c(c3)C3(c5ccccc5-c5ccccc53)c3ccccc3-4)c3ccccc3-c3cc4ccccc4c4ccccc34)ccc3ccccc23)cc1. The third kappa shape index (κ3) is 4.85. The van der Waals surface area contributed by atoms with E-state index in [0.717, 1.165) is 17.1 Å². The van der Waals surface area contributed by atoms with Crippen LogP contribution in [0, 0.1) is 0 Å². The largest absolute Gasteiger partial charge is 0.309 e. The fraction of sp³-hybridized carbons (Fsp3) is 0.0164. The lowest BCUT2D eigenvalue weighted by molar-refractivity contribution is 0.793. The number of para-hydroxylation sites is 1. The lowest BCUT2D eigenvalue weighted by Crippen LogP contribution is -2.26. The molecule has 0 N–H and O–H groups in total. The van der Waals surface area contributed by atoms with E-state index in [-0.39, 0.29) is 0 Å². The summed E-state index contributed by atoms with van der Waals surface area (Å²) in [5.41, 5.74) is 18.2. The van der Waals surface area contributed by atoms with E-state index in [1.54, 1.807) is 0 Å². The third-order valence-corrected chi connectivity index (χ3v) is 13.7. The van der Waals surface area contributed by atoms with Gasteiger partial charge in [0, 0.05) is 16.8 Å². The van der Waals surface area contributed by atoms with Gasteiger partial charge in [0.05, 0.1) is 16.8 Å². The Morgan fingerprint density at radius 3 is 1.48 bits per heavy atom. The second-order valence-corrected chi connectivity index (χ2v) is 16.7. The van der Waals surface area contributed by atoms with Gasteiger partial charge in [-0.1, -0.05) is 206 Å². The summed E-state index contributed by atoms with van der Waals surface area (Å²) in [5, 5.41) is 7.43. The van der Waals surface area contributed by atoms with Crippen LogP contribution >= 0.6 is 0 Å². The Balaban J connectivity index is 1.15. The van der Waals surface area contributed by atoms with Crippen LogP contribution in [0.4, 0.5) is 17.1 Å². The average Bonchev–Trinajstić information content (AvgIpc) is 3.81. The summed E-state index contributed by atoms with van der Waals surface area (Å²) in [6, 6.07) is 88.1. The van der Waals surface area contributed by atoms with Crippen molar-refractivity contribution in [3.63, 3.8) is 0 Å². The number of benzene rings is 11. The van der Waals surface area contributed by atoms with E-state index in [1.165, 1.54) is 99.1 Å². The van der Waals surface area contributed by atoms with Gasteiger partial charge in [-0.15, -0.1) is 0 Å². The maximum Gasteiger partial charge on any atom is 0.0726 e. The topological polar surface area (TPSA) is 3.24 Å². The molecule has 0 saturated carbocycles. The minimum absolute atomic E-state index is 0.472. The Kier molecular flexibility index (Phi) is 7.59. The highest BCUT2D eigenvalue weighted by atomic mass is 15.1. The maximum atomic E-state index is 2.55. The van der Waals surface area contributed by atoms with Crippen LogP contribution in [0.5, 0.6) is 0 Å². The summed E-state index contributed by atoms with van der Waals surface area (Å²) in [7, 11) is 0. The molecule has 0 atom stereocenters. The molecule has 288 valence electrons. The molecule has 0 bridgehead atoms. The van der Waals surface area contributed by atoms with Crippen LogP contribution in [0.3, 0.4) is 0 Å². The van der Waals surface area contributed by atoms with Gasteiger partial charge in [-0.3, -0.25) is 0 Å². The lowest BCUT2D eigenvalue weighted by Gasteiger charge is -2.33. The molecule has 0 aromatic heterocycles. The molecule has 0 amide bonds. The Morgan fingerprint density at radius 2 is 0.790 bits per heavy atom. The van der Waals surface area contributed by atoms with Gasteiger partial charge >= 0.3 is 0 Å². The summed E-state index contributed by atoms with van der Waals surface area (Å²) in [4.78, 5) is 2.55. The summed E-state index contributed by atoms with van der Waals surface area (Å²) < 4.78 is 0. The van der Waals surface area contributed by atoms with Crippen LogP contribution in [0.1, 0.15) is 22.3 Å². The minimum atomic E-state index is -0.472. The fourth-order valence-corrected chi connectivity index (χ4v) is 11.2. The highest BCUT2D eigenvalue weighted by molar-refractivity contribution is 6.15. The van der Waals surface area contributed by atoms with Crippen LogP contribution in [-0.2, 0) is 5.41 Å². The standard InChI is InChI=1S/C61H39N/c1-2-19-41(20-3-1)60-45-23-7-4-18-40(45)34-37-59(60)62(58-33-17-13-29-52(58)53-38-42-21-5-6-22-44(42)46-24-8-9-25-47(46)53)43-35-36-51-50-28-12-16-32-56(50)61(57(51)39-43)54-30-14-10-26-48(54)49-27-11-15-31-55(49)61/h1-39H. The zero-order chi connectivity index (χ0) is 40.8. The molecule has 1 heteroatoms. The van der Waals surface area contributed by atoms with E-state index < -0.39 is 5.41 Å². The van der Waals surface area contributed by atoms with Gasteiger partial charge in [0.2, 0.25) is 0 Å². The van der Waals surface area contributed by atoms with Crippen molar-refractivity contribution in [1.82, 2.24) is 0 Å². The van der Waals surface area contributed by atoms with Crippen molar-refractivity contribution in [1.29, 1.82) is 0 Å². The molecule has 0 heterocycles. The monoisotopic (exact) mass is 785 g/mol. The van der Waals surface area contributed by atoms with Gasteiger partial charge in [-0.25, -0.2) is 0 Å². The lowest BCUT2D eigenvalue weighted by atomic mass is 9.70. The van der Waals surface area contributed by atoms with Crippen molar-refractivity contribution in [3.05, 3.63) is 259 Å². The number of rotatable bonds is 5. The average molecular weight is 786 g/mol. The van der Waals surface area contributed by atoms with Crippen molar-refractivity contribution in [2.24, 2.45) is 0 Å². The molecule has 0 fully saturated rings. The molecule has 0 aliphatic heterocycles. The number of hydrogen-bond donors (Lipinski definition) is 0. The van der Waals surface area contributed by atoms with E-state index in [1.807, 2.05) is 0 Å². The zero-order valence-corrected chi connectivity index (χ0v) is 34.0. The summed E-state index contributed by atoms with van der Waals surface area (Å²) >= 11 is 0. The van der Waals surface area contributed by atoms with Crippen LogP contribution in [0.15, 0.2) is 237 Å². The van der Waals surface area contributed by atoms with Crippen molar-refractivity contribution >= 4 is 49.4 Å². The van der Waals surface area contributed by atoms with E-state index in [0.29, 0.717) is 0 Å². The maximum absolute atomic E-state index is 2.55. The Morgan fingerprint density at radius 1 is 0.274 bits per heavy atom. The summed E-state index contributed by atoms with van der Waals surface area (Å²) in [5.74, 6) is 0. The van der Waals surface area contributed by atoms with E-state index >= 15 is 0 Å². The predicted octanol–water partition coefficient (Wildman–Crippen LogP) is 16.3. The van der Waals surface area contributed by atoms with Crippen molar-refractivity contribution in [3.8, 4) is 44.5 Å². The molecule has 11 aromatic rings. The molecule has 62 heavy (non-hydrogen) atoms. The van der Waals surface area contributed by atoms with Gasteiger partial charge in [0.1, 0.15) is 0 Å². The first-order valence-corrected chi connectivity index (χ1v) is 21.6. The molecule has 13 rings (SSSR count). The molecule has 0 unspecified atom stereocenters. The smallest absolute Gasteiger partial charge is 0.0726 e. The molecular formula is C61H39N. The molecule has 2 aliphatic carbocycles. The van der Waals surface area contributed by atoms with Gasteiger partial charge in [-0.05, 0) is 118 Å². The van der Waals surface area contributed by atoms with E-state index in [2.05, 4.69) is 241 Å². The van der Waals surface area contributed by atoms with Gasteiger partial charge in [0.25, 0.3) is 0 Å². The first-order valence-electron chi connectivity index (χ1n) is 21.6. The van der Waals surface area contributed by atoms with E-state index in [4.69, 9.17) is 0 Å². The quantitative estimate of drug-likeness (QED) is 0.157. The second kappa shape index (κ2) is 13.5. The highest BCUT2D eigenvalue weighted by Gasteiger charge is 2.51. The second-order valence-electron chi connectivity index (χ2n) is 16.7. The summed E-state index contributed by atoms with van der Waals surface area (Å²) in [6.07, 6.45) is 0. The van der Waals surface area contributed by atoms with Crippen LogP contribution < -0.4 is 4.90 Å². The Bertz CT molecular complexity index is 3530. The number of anilines is 3. The van der Waals surface area contributed by atoms with Crippen LogP contribution in [0.25, 0.3) is 76.8 Å². The van der Waals surface area contributed by atoms with Crippen molar-refractivity contribution < 1.29 is 0 Å². The highest BCUT2D eigenvalue weighted by Crippen LogP contribution is 2.63. The minimum Gasteiger partial charge on any atom is -0.309 e. The molecule has 1 nitrogen and oxygen atoms in total. The summed E-state index contributed by atoms with van der Waals surface area (Å²) in [6.45, 7) is 0. The normalized spacial score (nSPS) is 13.0. The predicted molar refractivity (Wildman–Crippen MR) is 261 cm³/mol. The van der Waals surface area contributed by atoms with Gasteiger partial charge in [0.15, 0.2) is 0 Å². The van der Waals surface area contributed by atoms with Crippen LogP contribution in [0.2, 0.25) is 0 Å². The molecule has 2 aliphatic rings. The zero-order valence-electron chi connectivity index (χ0n) is 34.0. The number of nitrogens with zero attached hydrogens (tertiary/aromatic N) is 1. The third-order valence-electron chi connectivity index (χ3n) is 13.7. The van der Waals surface area contributed by atoms with Gasteiger partial charge in [-0.2, -0.15) is 0 Å².